The van der Waals surface area contributed by atoms with Gasteiger partial charge in [0.1, 0.15) is 40.3 Å². The number of pyridine rings is 2. The van der Waals surface area contributed by atoms with Gasteiger partial charge in [-0.15, -0.1) is 0 Å². The molecule has 5 aromatic carbocycles. The number of aryl methyl sites for hydroxylation is 2. The van der Waals surface area contributed by atoms with Crippen LogP contribution in [-0.4, -0.2) is 46.4 Å². The molecular formula is C56H58N8O4. The minimum Gasteiger partial charge on any atom is -0.445 e. The van der Waals surface area contributed by atoms with Gasteiger partial charge in [0.2, 0.25) is 0 Å². The molecular weight excluding hydrogens is 849 g/mol. The average molecular weight is 907 g/mol. The van der Waals surface area contributed by atoms with Crippen molar-refractivity contribution in [2.45, 2.75) is 95.0 Å². The van der Waals surface area contributed by atoms with Crippen molar-refractivity contribution < 1.29 is 9.53 Å². The number of amides is 1. The van der Waals surface area contributed by atoms with Gasteiger partial charge in [0, 0.05) is 61.9 Å². The van der Waals surface area contributed by atoms with Crippen LogP contribution in [-0.2, 0) is 38.5 Å². The predicted molar refractivity (Wildman–Crippen MR) is 270 cm³/mol. The van der Waals surface area contributed by atoms with E-state index >= 15 is 0 Å². The van der Waals surface area contributed by atoms with Gasteiger partial charge in [0.05, 0.1) is 11.0 Å². The summed E-state index contributed by atoms with van der Waals surface area (Å²) in [6.45, 7) is 1.45. The van der Waals surface area contributed by atoms with Crippen LogP contribution in [0.2, 0.25) is 0 Å². The molecule has 9 aromatic rings. The van der Waals surface area contributed by atoms with Gasteiger partial charge in [-0.1, -0.05) is 140 Å². The van der Waals surface area contributed by atoms with E-state index < -0.39 is 6.09 Å². The molecule has 12 nitrogen and oxygen atoms in total. The molecule has 0 aliphatic heterocycles. The summed E-state index contributed by atoms with van der Waals surface area (Å²) in [6.07, 6.45) is 7.33. The first kappa shape index (κ1) is 44.5. The quantitative estimate of drug-likeness (QED) is 0.147. The van der Waals surface area contributed by atoms with Crippen molar-refractivity contribution in [3.63, 3.8) is 0 Å². The van der Waals surface area contributed by atoms with E-state index in [9.17, 15) is 14.4 Å². The summed E-state index contributed by atoms with van der Waals surface area (Å²) >= 11 is 0. The summed E-state index contributed by atoms with van der Waals surface area (Å²) in [6, 6.07) is 46.3. The number of imidazole rings is 2. The molecule has 0 saturated heterocycles. The van der Waals surface area contributed by atoms with E-state index in [0.29, 0.717) is 30.0 Å². The Morgan fingerprint density at radius 2 is 1.03 bits per heavy atom. The molecule has 2 aliphatic carbocycles. The molecule has 4 aromatic heterocycles. The summed E-state index contributed by atoms with van der Waals surface area (Å²) in [7, 11) is 3.67. The van der Waals surface area contributed by atoms with Gasteiger partial charge in [-0.3, -0.25) is 9.59 Å². The molecule has 3 unspecified atom stereocenters. The predicted octanol–water partition coefficient (Wildman–Crippen LogP) is 9.81. The van der Waals surface area contributed by atoms with E-state index in [1.165, 1.54) is 5.56 Å². The number of rotatable bonds is 9. The SMILES string of the molecule is Cn1c(=O)c2c(nc(C3CCCC(NC(=O)OCc4ccccc4)C3)n2Cc2ccccc2)c2ccccc21.Cn1c(=O)c2c(nc(C3CCC[C@H](N)C3)n2Cc2ccccc2)c2ccccc21. The Hall–Kier alpha value is -7.31. The molecule has 0 bridgehead atoms. The normalized spacial score (nSPS) is 18.4. The zero-order valence-corrected chi connectivity index (χ0v) is 38.8. The molecule has 12 heteroatoms. The van der Waals surface area contributed by atoms with Gasteiger partial charge in [-0.05, 0) is 67.3 Å². The Balaban J connectivity index is 0.000000165. The Bertz CT molecular complexity index is 3360. The lowest BCUT2D eigenvalue weighted by Crippen LogP contribution is -2.38. The van der Waals surface area contributed by atoms with Crippen LogP contribution in [0.15, 0.2) is 149 Å². The first-order valence-corrected chi connectivity index (χ1v) is 24.0. The lowest BCUT2D eigenvalue weighted by Gasteiger charge is -2.29. The highest BCUT2D eigenvalue weighted by Gasteiger charge is 2.31. The van der Waals surface area contributed by atoms with E-state index in [-0.39, 0.29) is 35.7 Å². The van der Waals surface area contributed by atoms with Gasteiger partial charge < -0.3 is 34.1 Å². The number of carbonyl (C=O) groups excluding carboxylic acids is 1. The van der Waals surface area contributed by atoms with E-state index in [1.54, 1.807) is 9.13 Å². The second-order valence-corrected chi connectivity index (χ2v) is 18.6. The van der Waals surface area contributed by atoms with E-state index in [4.69, 9.17) is 20.4 Å². The van der Waals surface area contributed by atoms with E-state index in [1.807, 2.05) is 123 Å². The molecule has 2 saturated carbocycles. The fourth-order valence-electron chi connectivity index (χ4n) is 10.6. The second-order valence-electron chi connectivity index (χ2n) is 18.6. The molecule has 4 atom stereocenters. The fourth-order valence-corrected chi connectivity index (χ4v) is 10.6. The maximum Gasteiger partial charge on any atom is 0.407 e. The number of carbonyl (C=O) groups is 1. The van der Waals surface area contributed by atoms with Gasteiger partial charge in [-0.2, -0.15) is 0 Å². The smallest absolute Gasteiger partial charge is 0.407 e. The van der Waals surface area contributed by atoms with Gasteiger partial charge in [-0.25, -0.2) is 14.8 Å². The molecule has 0 spiro atoms. The summed E-state index contributed by atoms with van der Waals surface area (Å²) in [5.74, 6) is 2.31. The monoisotopic (exact) mass is 906 g/mol. The zero-order chi connectivity index (χ0) is 46.7. The number of para-hydroxylation sites is 2. The van der Waals surface area contributed by atoms with Crippen LogP contribution in [0, 0.1) is 0 Å². The highest BCUT2D eigenvalue weighted by Crippen LogP contribution is 2.37. The number of nitrogens with zero attached hydrogens (tertiary/aromatic N) is 6. The van der Waals surface area contributed by atoms with Crippen molar-refractivity contribution in [3.05, 3.63) is 189 Å². The summed E-state index contributed by atoms with van der Waals surface area (Å²) in [4.78, 5) is 49.9. The summed E-state index contributed by atoms with van der Waals surface area (Å²) in [5, 5.41) is 5.07. The Labute approximate surface area is 395 Å². The maximum absolute atomic E-state index is 13.7. The highest BCUT2D eigenvalue weighted by molar-refractivity contribution is 6.03. The van der Waals surface area contributed by atoms with Crippen molar-refractivity contribution >= 4 is 50.0 Å². The van der Waals surface area contributed by atoms with Crippen molar-refractivity contribution in [1.29, 1.82) is 0 Å². The number of benzene rings is 5. The van der Waals surface area contributed by atoms with Crippen LogP contribution < -0.4 is 22.2 Å². The third kappa shape index (κ3) is 8.95. The number of hydrogen-bond acceptors (Lipinski definition) is 7. The first-order valence-electron chi connectivity index (χ1n) is 24.0. The van der Waals surface area contributed by atoms with Gasteiger partial charge in [0.15, 0.2) is 0 Å². The van der Waals surface area contributed by atoms with Crippen molar-refractivity contribution in [1.82, 2.24) is 33.6 Å². The number of hydrogen-bond donors (Lipinski definition) is 2. The molecule has 1 amide bonds. The van der Waals surface area contributed by atoms with Crippen molar-refractivity contribution in [2.24, 2.45) is 19.8 Å². The third-order valence-electron chi connectivity index (χ3n) is 14.1. The molecule has 2 aliphatic rings. The first-order chi connectivity index (χ1) is 33.2. The van der Waals surface area contributed by atoms with Crippen molar-refractivity contribution in [2.75, 3.05) is 0 Å². The number of alkyl carbamates (subject to hydrolysis) is 1. The number of nitrogens with one attached hydrogen (secondary N) is 1. The highest BCUT2D eigenvalue weighted by atomic mass is 16.5. The standard InChI is InChI=1S/C32H32N4O3.C24H26N4O/c1-35-27-18-9-8-17-26(27)28-29(31(35)37)36(20-22-11-4-2-5-12-22)30(34-28)24-15-10-16-25(19-24)33-32(38)39-21-23-13-6-3-7-14-23;1-27-20-13-6-5-12-19(20)21-22(24(27)29)28(15-16-8-3-2-4-9-16)23(26-21)17-10-7-11-18(25)14-17/h2-9,11-14,17-18,24-25H,10,15-16,19-21H2,1H3,(H,33,38);2-6,8-9,12-13,17-18H,7,10-11,14-15,25H2,1H3/t;17?,18-/m.0/s1. The molecule has 68 heavy (non-hydrogen) atoms. The van der Waals surface area contributed by atoms with Gasteiger partial charge in [0.25, 0.3) is 11.1 Å². The number of fused-ring (bicyclic) bond motifs is 6. The topological polar surface area (TPSA) is 144 Å². The van der Waals surface area contributed by atoms with E-state index in [2.05, 4.69) is 44.8 Å². The largest absolute Gasteiger partial charge is 0.445 e. The van der Waals surface area contributed by atoms with Crippen LogP contribution in [0.1, 0.15) is 91.5 Å². The summed E-state index contributed by atoms with van der Waals surface area (Å²) in [5.41, 5.74) is 14.2. The minimum atomic E-state index is -0.401. The number of aromatic nitrogens is 6. The van der Waals surface area contributed by atoms with Crippen LogP contribution in [0.4, 0.5) is 4.79 Å². The van der Waals surface area contributed by atoms with Crippen LogP contribution in [0.25, 0.3) is 43.9 Å². The minimum absolute atomic E-state index is 0.00786. The van der Waals surface area contributed by atoms with Crippen LogP contribution in [0.3, 0.4) is 0 Å². The average Bonchev–Trinajstić information content (AvgIpc) is 3.95. The number of ether oxygens (including phenoxy) is 1. The molecule has 346 valence electrons. The maximum atomic E-state index is 13.7. The molecule has 2 fully saturated rings. The fraction of sp³-hybridized carbons (Fsp3) is 0.304. The van der Waals surface area contributed by atoms with Crippen LogP contribution >= 0.6 is 0 Å². The molecule has 3 N–H and O–H groups in total. The van der Waals surface area contributed by atoms with Gasteiger partial charge >= 0.3 is 6.09 Å². The Morgan fingerprint density at radius 1 is 0.588 bits per heavy atom. The van der Waals surface area contributed by atoms with Crippen molar-refractivity contribution in [3.8, 4) is 0 Å². The second kappa shape index (κ2) is 19.5. The molecule has 0 radical (unpaired) electrons. The van der Waals surface area contributed by atoms with Crippen LogP contribution in [0.5, 0.6) is 0 Å². The lowest BCUT2D eigenvalue weighted by molar-refractivity contribution is 0.132. The third-order valence-corrected chi connectivity index (χ3v) is 14.1. The molecule has 11 rings (SSSR count). The Kier molecular flexibility index (Phi) is 12.8. The van der Waals surface area contributed by atoms with E-state index in [0.717, 1.165) is 107 Å². The number of nitrogens with two attached hydrogens (primary N) is 1. The lowest BCUT2D eigenvalue weighted by atomic mass is 9.85. The Morgan fingerprint density at radius 3 is 1.53 bits per heavy atom. The summed E-state index contributed by atoms with van der Waals surface area (Å²) < 4.78 is 13.2. The zero-order valence-electron chi connectivity index (χ0n) is 38.8. The molecule has 4 heterocycles.